The molecule has 0 saturated heterocycles. The third-order valence-electron chi connectivity index (χ3n) is 13.1. The average Bonchev–Trinajstić information content (AvgIpc) is 3.32. The molecule has 3 unspecified atom stereocenters. The second kappa shape index (κ2) is 54.5. The van der Waals surface area contributed by atoms with Crippen molar-refractivity contribution in [1.82, 2.24) is 5.32 Å². The van der Waals surface area contributed by atoms with Crippen molar-refractivity contribution in [1.29, 1.82) is 0 Å². The molecule has 0 heterocycles. The predicted molar refractivity (Wildman–Crippen MR) is 292 cm³/mol. The summed E-state index contributed by atoms with van der Waals surface area (Å²) in [5.74, 6) is -0.532. The fourth-order valence-electron chi connectivity index (χ4n) is 8.76. The Hall–Kier alpha value is -2.44. The van der Waals surface area contributed by atoms with E-state index in [-0.39, 0.29) is 24.9 Å². The summed E-state index contributed by atoms with van der Waals surface area (Å²) in [7, 11) is 0. The molecule has 3 atom stereocenters. The first-order valence-electron chi connectivity index (χ1n) is 29.0. The lowest BCUT2D eigenvalue weighted by atomic mass is 10.0. The van der Waals surface area contributed by atoms with Crippen molar-refractivity contribution >= 4 is 11.9 Å². The zero-order chi connectivity index (χ0) is 48.8. The summed E-state index contributed by atoms with van der Waals surface area (Å²) in [6.45, 7) is 6.39. The molecule has 0 spiro atoms. The van der Waals surface area contributed by atoms with Crippen LogP contribution in [0.4, 0.5) is 0 Å². The first-order chi connectivity index (χ1) is 33.0. The van der Waals surface area contributed by atoms with E-state index in [9.17, 15) is 19.8 Å². The van der Waals surface area contributed by atoms with Gasteiger partial charge in [0, 0.05) is 6.42 Å². The van der Waals surface area contributed by atoms with Gasteiger partial charge in [-0.25, -0.2) is 0 Å². The maximum absolute atomic E-state index is 13.3. The largest absolute Gasteiger partial charge is 0.462 e. The van der Waals surface area contributed by atoms with Gasteiger partial charge in [0.15, 0.2) is 0 Å². The third kappa shape index (κ3) is 49.8. The Balaban J connectivity index is 4.61. The number of esters is 1. The lowest BCUT2D eigenvalue weighted by Gasteiger charge is -2.24. The average molecular weight is 939 g/mol. The van der Waals surface area contributed by atoms with E-state index < -0.39 is 18.2 Å². The summed E-state index contributed by atoms with van der Waals surface area (Å²) >= 11 is 0. The fourth-order valence-corrected chi connectivity index (χ4v) is 8.76. The van der Waals surface area contributed by atoms with E-state index in [1.54, 1.807) is 0 Å². The number of aliphatic hydroxyl groups excluding tert-OH is 2. The maximum atomic E-state index is 13.3. The van der Waals surface area contributed by atoms with E-state index in [1.165, 1.54) is 161 Å². The van der Waals surface area contributed by atoms with Crippen molar-refractivity contribution in [3.8, 4) is 0 Å². The van der Waals surface area contributed by atoms with E-state index in [1.807, 2.05) is 0 Å². The van der Waals surface area contributed by atoms with Crippen molar-refractivity contribution < 1.29 is 24.5 Å². The first-order valence-corrected chi connectivity index (χ1v) is 29.0. The fraction of sp³-hybridized carbons (Fsp3) is 0.803. The van der Waals surface area contributed by atoms with Gasteiger partial charge >= 0.3 is 5.97 Å². The second-order valence-electron chi connectivity index (χ2n) is 19.7. The minimum Gasteiger partial charge on any atom is -0.462 e. The number of hydrogen-bond acceptors (Lipinski definition) is 5. The molecule has 0 radical (unpaired) electrons. The topological polar surface area (TPSA) is 95.9 Å². The van der Waals surface area contributed by atoms with Gasteiger partial charge in [0.2, 0.25) is 5.91 Å². The molecule has 390 valence electrons. The van der Waals surface area contributed by atoms with Crippen LogP contribution in [-0.4, -0.2) is 46.9 Å². The van der Waals surface area contributed by atoms with Crippen LogP contribution in [0.1, 0.15) is 290 Å². The number of carbonyl (C=O) groups excluding carboxylic acids is 2. The molecule has 0 aliphatic rings. The van der Waals surface area contributed by atoms with Gasteiger partial charge in [0.05, 0.1) is 25.2 Å². The summed E-state index contributed by atoms with van der Waals surface area (Å²) < 4.78 is 5.93. The Morgan fingerprint density at radius 2 is 0.791 bits per heavy atom. The van der Waals surface area contributed by atoms with Gasteiger partial charge < -0.3 is 20.3 Å². The van der Waals surface area contributed by atoms with Crippen LogP contribution in [0.2, 0.25) is 0 Å². The smallest absolute Gasteiger partial charge is 0.306 e. The molecule has 0 aromatic heterocycles. The summed E-state index contributed by atoms with van der Waals surface area (Å²) in [6.07, 6.45) is 68.6. The lowest BCUT2D eigenvalue weighted by Crippen LogP contribution is -2.46. The van der Waals surface area contributed by atoms with Gasteiger partial charge in [0.1, 0.15) is 6.10 Å². The van der Waals surface area contributed by atoms with Gasteiger partial charge in [-0.05, 0) is 64.2 Å². The molecule has 67 heavy (non-hydrogen) atoms. The molecule has 0 saturated carbocycles. The monoisotopic (exact) mass is 938 g/mol. The quantitative estimate of drug-likeness (QED) is 0.0321. The van der Waals surface area contributed by atoms with Crippen LogP contribution in [-0.2, 0) is 14.3 Å². The molecule has 6 nitrogen and oxygen atoms in total. The normalized spacial score (nSPS) is 13.6. The number of rotatable bonds is 52. The van der Waals surface area contributed by atoms with Crippen LogP contribution in [0.3, 0.4) is 0 Å². The molecule has 6 heteroatoms. The molecule has 0 fully saturated rings. The number of unbranched alkanes of at least 4 members (excludes halogenated alkanes) is 30. The standard InChI is InChI=1S/C61H111NO5/c1-4-7-10-13-16-19-22-25-28-30-33-36-39-42-45-48-51-54-61(66)67-57(52-49-46-43-40-37-34-31-27-24-21-18-15-12-9-6-3)55-60(65)62-58(56-63)59(64)53-50-47-44-41-38-35-32-29-26-23-20-17-14-11-8-5-2/h7,10,16,19,25,28,33,36,42,45,57-59,63-64H,4-6,8-9,11-15,17-18,20-24,26-27,29-32,34-35,37-41,43-44,46-56H2,1-3H3,(H,62,65)/b10-7-,19-16-,28-25-,36-33-,45-42-. The number of ether oxygens (including phenoxy) is 1. The summed E-state index contributed by atoms with van der Waals surface area (Å²) in [6, 6.07) is -0.713. The number of hydrogen-bond donors (Lipinski definition) is 3. The predicted octanol–water partition coefficient (Wildman–Crippen LogP) is 18.0. The molecule has 0 aromatic rings. The number of allylic oxidation sites excluding steroid dienone is 10. The number of aliphatic hydroxyl groups is 2. The third-order valence-corrected chi connectivity index (χ3v) is 13.1. The van der Waals surface area contributed by atoms with E-state index in [0.29, 0.717) is 25.7 Å². The zero-order valence-corrected chi connectivity index (χ0v) is 44.5. The maximum Gasteiger partial charge on any atom is 0.306 e. The Kier molecular flexibility index (Phi) is 52.5. The van der Waals surface area contributed by atoms with Gasteiger partial charge in [0.25, 0.3) is 0 Å². The first kappa shape index (κ1) is 64.6. The lowest BCUT2D eigenvalue weighted by molar-refractivity contribution is -0.151. The molecular formula is C61H111NO5. The highest BCUT2D eigenvalue weighted by Crippen LogP contribution is 2.18. The van der Waals surface area contributed by atoms with Gasteiger partial charge in [-0.1, -0.05) is 274 Å². The molecule has 0 aliphatic carbocycles. The van der Waals surface area contributed by atoms with Crippen molar-refractivity contribution in [2.24, 2.45) is 0 Å². The van der Waals surface area contributed by atoms with Crippen molar-refractivity contribution in [2.45, 2.75) is 309 Å². The van der Waals surface area contributed by atoms with E-state index in [0.717, 1.165) is 77.0 Å². The Morgan fingerprint density at radius 3 is 1.16 bits per heavy atom. The summed E-state index contributed by atoms with van der Waals surface area (Å²) in [5, 5.41) is 23.9. The molecule has 0 aliphatic heterocycles. The summed E-state index contributed by atoms with van der Waals surface area (Å²) in [5.41, 5.74) is 0. The molecule has 0 rings (SSSR count). The molecule has 1 amide bonds. The Morgan fingerprint density at radius 1 is 0.448 bits per heavy atom. The SMILES string of the molecule is CC/C=C\C/C=C\C/C=C\C/C=C\C/C=C\CCCC(=O)OC(CCCCCCCCCCCCCCCCC)CC(=O)NC(CO)C(O)CCCCCCCCCCCCCCCCCC. The summed E-state index contributed by atoms with van der Waals surface area (Å²) in [4.78, 5) is 26.3. The van der Waals surface area contributed by atoms with Crippen LogP contribution in [0.25, 0.3) is 0 Å². The van der Waals surface area contributed by atoms with Crippen LogP contribution in [0.5, 0.6) is 0 Å². The van der Waals surface area contributed by atoms with E-state index in [2.05, 4.69) is 86.8 Å². The molecule has 0 bridgehead atoms. The second-order valence-corrected chi connectivity index (χ2v) is 19.7. The van der Waals surface area contributed by atoms with E-state index >= 15 is 0 Å². The van der Waals surface area contributed by atoms with Crippen molar-refractivity contribution in [3.05, 3.63) is 60.8 Å². The molecule has 0 aromatic carbocycles. The highest BCUT2D eigenvalue weighted by molar-refractivity contribution is 5.77. The zero-order valence-electron chi connectivity index (χ0n) is 44.5. The van der Waals surface area contributed by atoms with Gasteiger partial charge in [-0.3, -0.25) is 9.59 Å². The highest BCUT2D eigenvalue weighted by atomic mass is 16.5. The van der Waals surface area contributed by atoms with Crippen LogP contribution in [0.15, 0.2) is 60.8 Å². The minimum absolute atomic E-state index is 0.0569. The number of amides is 1. The Labute approximate surface area is 416 Å². The minimum atomic E-state index is -0.798. The highest BCUT2D eigenvalue weighted by Gasteiger charge is 2.24. The number of carbonyl (C=O) groups is 2. The van der Waals surface area contributed by atoms with Crippen molar-refractivity contribution in [2.75, 3.05) is 6.61 Å². The van der Waals surface area contributed by atoms with Gasteiger partial charge in [-0.2, -0.15) is 0 Å². The van der Waals surface area contributed by atoms with E-state index in [4.69, 9.17) is 4.74 Å². The van der Waals surface area contributed by atoms with Crippen LogP contribution >= 0.6 is 0 Å². The van der Waals surface area contributed by atoms with Crippen LogP contribution in [0, 0.1) is 0 Å². The van der Waals surface area contributed by atoms with Crippen LogP contribution < -0.4 is 5.32 Å². The van der Waals surface area contributed by atoms with Crippen molar-refractivity contribution in [3.63, 3.8) is 0 Å². The Bertz CT molecular complexity index is 1190. The number of nitrogens with one attached hydrogen (secondary N) is 1. The molecule has 3 N–H and O–H groups in total. The molecular weight excluding hydrogens is 827 g/mol. The van der Waals surface area contributed by atoms with Gasteiger partial charge in [-0.15, -0.1) is 0 Å².